The zero-order chi connectivity index (χ0) is 8.06. The third-order valence-electron chi connectivity index (χ3n) is 3.33. The van der Waals surface area contributed by atoms with Crippen LogP contribution in [0, 0.1) is 11.8 Å². The molecule has 2 aliphatic rings. The van der Waals surface area contributed by atoms with E-state index in [4.69, 9.17) is 0 Å². The lowest BCUT2D eigenvalue weighted by atomic mass is 9.89. The van der Waals surface area contributed by atoms with Crippen LogP contribution in [0.2, 0.25) is 0 Å². The fourth-order valence-corrected chi connectivity index (χ4v) is 2.62. The lowest BCUT2D eigenvalue weighted by Gasteiger charge is -2.23. The number of Topliss-reactive ketones (excluding diaryl/α,β-unsaturated/α-hetero) is 1. The zero-order valence-electron chi connectivity index (χ0n) is 6.84. The van der Waals surface area contributed by atoms with E-state index in [1.807, 2.05) is 6.92 Å². The minimum absolute atomic E-state index is 0.273. The Bertz CT molecular complexity index is 196. The number of hydrogen-bond donors (Lipinski definition) is 1. The van der Waals surface area contributed by atoms with E-state index in [9.17, 15) is 9.90 Å². The van der Waals surface area contributed by atoms with Crippen molar-refractivity contribution < 1.29 is 9.90 Å². The van der Waals surface area contributed by atoms with Crippen molar-refractivity contribution in [3.8, 4) is 0 Å². The Morgan fingerprint density at radius 1 is 1.55 bits per heavy atom. The molecule has 2 heteroatoms. The van der Waals surface area contributed by atoms with Gasteiger partial charge in [0.2, 0.25) is 0 Å². The number of hydrogen-bond acceptors (Lipinski definition) is 2. The Kier molecular flexibility index (Phi) is 1.37. The van der Waals surface area contributed by atoms with Crippen molar-refractivity contribution in [1.29, 1.82) is 0 Å². The number of ketones is 1. The second-order valence-electron chi connectivity index (χ2n) is 4.21. The average molecular weight is 154 g/mol. The second-order valence-corrected chi connectivity index (χ2v) is 4.21. The topological polar surface area (TPSA) is 37.3 Å². The number of rotatable bonds is 0. The van der Waals surface area contributed by atoms with Crippen LogP contribution in [0.25, 0.3) is 0 Å². The Hall–Kier alpha value is -0.370. The summed E-state index contributed by atoms with van der Waals surface area (Å²) in [6.45, 7) is 1.87. The largest absolute Gasteiger partial charge is 0.390 e. The first-order valence-corrected chi connectivity index (χ1v) is 4.34. The van der Waals surface area contributed by atoms with Crippen LogP contribution < -0.4 is 0 Å². The van der Waals surface area contributed by atoms with Crippen molar-refractivity contribution in [3.05, 3.63) is 0 Å². The Balaban J connectivity index is 2.19. The Labute approximate surface area is 66.6 Å². The van der Waals surface area contributed by atoms with Gasteiger partial charge in [-0.25, -0.2) is 0 Å². The molecule has 3 atom stereocenters. The molecule has 11 heavy (non-hydrogen) atoms. The molecule has 0 amide bonds. The maximum Gasteiger partial charge on any atom is 0.133 e. The van der Waals surface area contributed by atoms with E-state index in [1.54, 1.807) is 0 Å². The Morgan fingerprint density at radius 3 is 2.91 bits per heavy atom. The van der Waals surface area contributed by atoms with Crippen LogP contribution in [0.5, 0.6) is 0 Å². The van der Waals surface area contributed by atoms with Gasteiger partial charge in [-0.05, 0) is 31.6 Å². The quantitative estimate of drug-likeness (QED) is 0.568. The van der Waals surface area contributed by atoms with Crippen LogP contribution in [-0.2, 0) is 4.79 Å². The second kappa shape index (κ2) is 2.07. The van der Waals surface area contributed by atoms with Gasteiger partial charge in [-0.1, -0.05) is 0 Å². The summed E-state index contributed by atoms with van der Waals surface area (Å²) in [5, 5.41) is 9.83. The van der Waals surface area contributed by atoms with Crippen LogP contribution in [0.15, 0.2) is 0 Å². The summed E-state index contributed by atoms with van der Waals surface area (Å²) in [6.07, 6.45) is 3.28. The molecule has 0 aromatic heterocycles. The van der Waals surface area contributed by atoms with E-state index in [-0.39, 0.29) is 5.92 Å². The first-order chi connectivity index (χ1) is 5.09. The average Bonchev–Trinajstić information content (AvgIpc) is 2.35. The third kappa shape index (κ3) is 1.00. The van der Waals surface area contributed by atoms with Crippen LogP contribution in [0.1, 0.15) is 32.6 Å². The maximum absolute atomic E-state index is 11.0. The summed E-state index contributed by atoms with van der Waals surface area (Å²) in [5.41, 5.74) is -0.545. The van der Waals surface area contributed by atoms with Gasteiger partial charge in [0.15, 0.2) is 0 Å². The highest BCUT2D eigenvalue weighted by Gasteiger charge is 2.48. The molecule has 0 aromatic carbocycles. The zero-order valence-corrected chi connectivity index (χ0v) is 6.84. The van der Waals surface area contributed by atoms with Crippen LogP contribution in [-0.4, -0.2) is 16.5 Å². The van der Waals surface area contributed by atoms with Gasteiger partial charge in [0, 0.05) is 12.8 Å². The number of fused-ring (bicyclic) bond motifs is 1. The highest BCUT2D eigenvalue weighted by atomic mass is 16.3. The van der Waals surface area contributed by atoms with Gasteiger partial charge in [0.1, 0.15) is 5.78 Å². The molecule has 2 saturated carbocycles. The number of aliphatic hydroxyl groups is 1. The molecule has 3 unspecified atom stereocenters. The standard InChI is InChI=1S/C9H14O2/c1-9(11)3-2-6-4-7(10)5-8(6)9/h6,8,11H,2-5H2,1H3. The lowest BCUT2D eigenvalue weighted by Crippen LogP contribution is -2.29. The van der Waals surface area contributed by atoms with Gasteiger partial charge in [-0.3, -0.25) is 4.79 Å². The van der Waals surface area contributed by atoms with Gasteiger partial charge >= 0.3 is 0 Å². The molecular weight excluding hydrogens is 140 g/mol. The first kappa shape index (κ1) is 7.29. The minimum Gasteiger partial charge on any atom is -0.390 e. The van der Waals surface area contributed by atoms with Gasteiger partial charge < -0.3 is 5.11 Å². The van der Waals surface area contributed by atoms with E-state index < -0.39 is 5.60 Å². The van der Waals surface area contributed by atoms with Crippen molar-refractivity contribution in [1.82, 2.24) is 0 Å². The molecule has 0 heterocycles. The summed E-state index contributed by atoms with van der Waals surface area (Å²) in [5.74, 6) is 1.12. The van der Waals surface area contributed by atoms with E-state index in [1.165, 1.54) is 0 Å². The van der Waals surface area contributed by atoms with Gasteiger partial charge in [-0.2, -0.15) is 0 Å². The van der Waals surface area contributed by atoms with E-state index >= 15 is 0 Å². The third-order valence-corrected chi connectivity index (χ3v) is 3.33. The predicted octanol–water partition coefficient (Wildman–Crippen LogP) is 1.13. The van der Waals surface area contributed by atoms with Gasteiger partial charge in [-0.15, -0.1) is 0 Å². The van der Waals surface area contributed by atoms with Crippen molar-refractivity contribution in [2.75, 3.05) is 0 Å². The lowest BCUT2D eigenvalue weighted by molar-refractivity contribution is -0.118. The normalized spacial score (nSPS) is 49.8. The van der Waals surface area contributed by atoms with Crippen molar-refractivity contribution in [2.24, 2.45) is 11.8 Å². The number of carbonyl (C=O) groups is 1. The summed E-state index contributed by atoms with van der Waals surface area (Å²) < 4.78 is 0. The molecule has 2 aliphatic carbocycles. The van der Waals surface area contributed by atoms with Crippen LogP contribution in [0.4, 0.5) is 0 Å². The van der Waals surface area contributed by atoms with E-state index in [0.717, 1.165) is 19.3 Å². The molecule has 2 nitrogen and oxygen atoms in total. The van der Waals surface area contributed by atoms with Crippen molar-refractivity contribution in [3.63, 3.8) is 0 Å². The van der Waals surface area contributed by atoms with Crippen molar-refractivity contribution >= 4 is 5.78 Å². The van der Waals surface area contributed by atoms with Gasteiger partial charge in [0.05, 0.1) is 5.60 Å². The molecule has 0 radical (unpaired) electrons. The van der Waals surface area contributed by atoms with Crippen LogP contribution >= 0.6 is 0 Å². The minimum atomic E-state index is -0.545. The number of carbonyl (C=O) groups excluding carboxylic acids is 1. The molecule has 1 N–H and O–H groups in total. The first-order valence-electron chi connectivity index (χ1n) is 4.34. The summed E-state index contributed by atoms with van der Waals surface area (Å²) in [6, 6.07) is 0. The van der Waals surface area contributed by atoms with Gasteiger partial charge in [0.25, 0.3) is 0 Å². The Morgan fingerprint density at radius 2 is 2.27 bits per heavy atom. The van der Waals surface area contributed by atoms with Crippen molar-refractivity contribution in [2.45, 2.75) is 38.2 Å². The molecule has 0 spiro atoms. The molecule has 0 saturated heterocycles. The molecule has 0 aromatic rings. The highest BCUT2D eigenvalue weighted by Crippen LogP contribution is 2.48. The predicted molar refractivity (Wildman–Crippen MR) is 41.1 cm³/mol. The fourth-order valence-electron chi connectivity index (χ4n) is 2.62. The molecule has 2 fully saturated rings. The molecule has 0 bridgehead atoms. The maximum atomic E-state index is 11.0. The summed E-state index contributed by atoms with van der Waals surface area (Å²) >= 11 is 0. The molecule has 0 aliphatic heterocycles. The fraction of sp³-hybridized carbons (Fsp3) is 0.889. The SMILES string of the molecule is CC1(O)CCC2CC(=O)CC21. The molecule has 62 valence electrons. The van der Waals surface area contributed by atoms with E-state index in [0.29, 0.717) is 18.1 Å². The highest BCUT2D eigenvalue weighted by molar-refractivity contribution is 5.81. The monoisotopic (exact) mass is 154 g/mol. The summed E-state index contributed by atoms with van der Waals surface area (Å²) in [4.78, 5) is 11.0. The smallest absolute Gasteiger partial charge is 0.133 e. The molecule has 2 rings (SSSR count). The summed E-state index contributed by atoms with van der Waals surface area (Å²) in [7, 11) is 0. The molecular formula is C9H14O2. The van der Waals surface area contributed by atoms with Crippen LogP contribution in [0.3, 0.4) is 0 Å². The van der Waals surface area contributed by atoms with E-state index in [2.05, 4.69) is 0 Å².